The predicted octanol–water partition coefficient (Wildman–Crippen LogP) is 3.65. The first-order valence-corrected chi connectivity index (χ1v) is 10.3. The molecule has 7 heteroatoms. The Labute approximate surface area is 162 Å². The molecule has 2 amide bonds. The van der Waals surface area contributed by atoms with Crippen LogP contribution >= 0.6 is 0 Å². The Kier molecular flexibility index (Phi) is 4.19. The zero-order valence-electron chi connectivity index (χ0n) is 15.3. The minimum atomic E-state index is -3.95. The number of sulfonamides is 1. The van der Waals surface area contributed by atoms with Gasteiger partial charge in [0.2, 0.25) is 0 Å². The lowest BCUT2D eigenvalue weighted by Crippen LogP contribution is -2.36. The van der Waals surface area contributed by atoms with Crippen LogP contribution in [0.25, 0.3) is 10.8 Å². The first kappa shape index (κ1) is 18.2. The van der Waals surface area contributed by atoms with Crippen molar-refractivity contribution in [2.75, 3.05) is 5.32 Å². The van der Waals surface area contributed by atoms with Gasteiger partial charge in [0, 0.05) is 17.3 Å². The summed E-state index contributed by atoms with van der Waals surface area (Å²) in [6, 6.07) is 16.9. The zero-order chi connectivity index (χ0) is 20.1. The Morgan fingerprint density at radius 3 is 2.39 bits per heavy atom. The van der Waals surface area contributed by atoms with E-state index in [9.17, 15) is 18.0 Å². The number of benzene rings is 3. The summed E-state index contributed by atoms with van der Waals surface area (Å²) < 4.78 is 26.2. The molecule has 3 aromatic carbocycles. The van der Waals surface area contributed by atoms with Crippen LogP contribution in [0.2, 0.25) is 0 Å². The fourth-order valence-corrected chi connectivity index (χ4v) is 5.16. The molecule has 0 saturated heterocycles. The van der Waals surface area contributed by atoms with Crippen LogP contribution in [0.15, 0.2) is 65.6 Å². The van der Waals surface area contributed by atoms with Gasteiger partial charge in [0.15, 0.2) is 0 Å². The molecule has 0 atom stereocenters. The highest BCUT2D eigenvalue weighted by atomic mass is 32.2. The van der Waals surface area contributed by atoms with E-state index in [1.165, 1.54) is 18.2 Å². The lowest BCUT2D eigenvalue weighted by atomic mass is 10.1. The fourth-order valence-electron chi connectivity index (χ4n) is 3.37. The third-order valence-electron chi connectivity index (χ3n) is 4.69. The van der Waals surface area contributed by atoms with Gasteiger partial charge in [-0.05, 0) is 55.0 Å². The number of amides is 2. The van der Waals surface area contributed by atoms with Crippen LogP contribution in [0.3, 0.4) is 0 Å². The molecule has 3 aromatic rings. The average molecular weight is 394 g/mol. The summed E-state index contributed by atoms with van der Waals surface area (Å²) in [5.41, 5.74) is 0.872. The number of hydrogen-bond acceptors (Lipinski definition) is 4. The van der Waals surface area contributed by atoms with Crippen molar-refractivity contribution in [2.45, 2.75) is 24.8 Å². The quantitative estimate of drug-likeness (QED) is 0.735. The van der Waals surface area contributed by atoms with Gasteiger partial charge in [0.1, 0.15) is 4.90 Å². The standard InChI is InChI=1S/C21H18N2O4S/c1-13(2)23-21(25)18-10-8-16(12-19(18)28(23,26)27)20(24)22-17-9-7-14-5-3-4-6-15(14)11-17/h3-13H,1-2H3,(H,22,24). The van der Waals surface area contributed by atoms with Crippen LogP contribution in [0, 0.1) is 0 Å². The Morgan fingerprint density at radius 2 is 1.68 bits per heavy atom. The van der Waals surface area contributed by atoms with Gasteiger partial charge in [0.05, 0.1) is 5.56 Å². The number of hydrogen-bond donors (Lipinski definition) is 1. The van der Waals surface area contributed by atoms with E-state index >= 15 is 0 Å². The minimum Gasteiger partial charge on any atom is -0.322 e. The molecule has 1 heterocycles. The Hall–Kier alpha value is -3.19. The molecule has 0 radical (unpaired) electrons. The van der Waals surface area contributed by atoms with Crippen molar-refractivity contribution >= 4 is 38.3 Å². The first-order valence-electron chi connectivity index (χ1n) is 8.82. The Balaban J connectivity index is 1.67. The van der Waals surface area contributed by atoms with Crippen LogP contribution < -0.4 is 5.32 Å². The molecule has 0 fully saturated rings. The maximum absolute atomic E-state index is 12.7. The number of fused-ring (bicyclic) bond motifs is 2. The van der Waals surface area contributed by atoms with Gasteiger partial charge in [-0.25, -0.2) is 12.7 Å². The molecule has 6 nitrogen and oxygen atoms in total. The van der Waals surface area contributed by atoms with E-state index in [1.807, 2.05) is 36.4 Å². The number of rotatable bonds is 3. The van der Waals surface area contributed by atoms with Crippen molar-refractivity contribution < 1.29 is 18.0 Å². The Bertz CT molecular complexity index is 1230. The van der Waals surface area contributed by atoms with E-state index in [2.05, 4.69) is 5.32 Å². The molecule has 0 spiro atoms. The summed E-state index contributed by atoms with van der Waals surface area (Å²) in [7, 11) is -3.95. The summed E-state index contributed by atoms with van der Waals surface area (Å²) in [4.78, 5) is 24.9. The molecular weight excluding hydrogens is 376 g/mol. The van der Waals surface area contributed by atoms with E-state index in [-0.39, 0.29) is 16.0 Å². The summed E-state index contributed by atoms with van der Waals surface area (Å²) in [5, 5.41) is 4.82. The molecule has 1 N–H and O–H groups in total. The van der Waals surface area contributed by atoms with E-state index in [0.29, 0.717) is 5.69 Å². The third-order valence-corrected chi connectivity index (χ3v) is 6.69. The van der Waals surface area contributed by atoms with E-state index in [1.54, 1.807) is 19.9 Å². The molecule has 0 aromatic heterocycles. The summed E-state index contributed by atoms with van der Waals surface area (Å²) >= 11 is 0. The van der Waals surface area contributed by atoms with E-state index < -0.39 is 27.9 Å². The van der Waals surface area contributed by atoms with Crippen LogP contribution in [0.4, 0.5) is 5.69 Å². The summed E-state index contributed by atoms with van der Waals surface area (Å²) in [6.45, 7) is 3.27. The van der Waals surface area contributed by atoms with Crippen LogP contribution in [-0.2, 0) is 10.0 Å². The van der Waals surface area contributed by atoms with Gasteiger partial charge >= 0.3 is 0 Å². The van der Waals surface area contributed by atoms with Crippen LogP contribution in [0.1, 0.15) is 34.6 Å². The van der Waals surface area contributed by atoms with Crippen molar-refractivity contribution in [3.05, 3.63) is 71.8 Å². The number of nitrogens with zero attached hydrogens (tertiary/aromatic N) is 1. The highest BCUT2D eigenvalue weighted by molar-refractivity contribution is 7.90. The van der Waals surface area contributed by atoms with Crippen LogP contribution in [0.5, 0.6) is 0 Å². The minimum absolute atomic E-state index is 0.0935. The lowest BCUT2D eigenvalue weighted by Gasteiger charge is -2.18. The van der Waals surface area contributed by atoms with Gasteiger partial charge in [-0.15, -0.1) is 0 Å². The highest BCUT2D eigenvalue weighted by Crippen LogP contribution is 2.32. The second kappa shape index (κ2) is 6.45. The van der Waals surface area contributed by atoms with Gasteiger partial charge in [-0.1, -0.05) is 30.3 Å². The van der Waals surface area contributed by atoms with Gasteiger partial charge in [0.25, 0.3) is 21.8 Å². The molecular formula is C21H18N2O4S. The molecule has 1 aliphatic heterocycles. The van der Waals surface area contributed by atoms with E-state index in [0.717, 1.165) is 15.1 Å². The normalized spacial score (nSPS) is 15.1. The molecule has 142 valence electrons. The van der Waals surface area contributed by atoms with Gasteiger partial charge in [-0.2, -0.15) is 0 Å². The van der Waals surface area contributed by atoms with Crippen molar-refractivity contribution in [3.8, 4) is 0 Å². The fraction of sp³-hybridized carbons (Fsp3) is 0.143. The number of nitrogens with one attached hydrogen (secondary N) is 1. The second-order valence-electron chi connectivity index (χ2n) is 6.93. The molecule has 0 bridgehead atoms. The largest absolute Gasteiger partial charge is 0.322 e. The van der Waals surface area contributed by atoms with E-state index in [4.69, 9.17) is 0 Å². The number of anilines is 1. The third kappa shape index (κ3) is 2.84. The second-order valence-corrected chi connectivity index (χ2v) is 8.71. The number of carbonyl (C=O) groups is 2. The molecule has 4 rings (SSSR count). The molecule has 0 saturated carbocycles. The number of carbonyl (C=O) groups excluding carboxylic acids is 2. The highest BCUT2D eigenvalue weighted by Gasteiger charge is 2.42. The topological polar surface area (TPSA) is 83.6 Å². The van der Waals surface area contributed by atoms with Crippen LogP contribution in [-0.4, -0.2) is 30.6 Å². The molecule has 28 heavy (non-hydrogen) atoms. The lowest BCUT2D eigenvalue weighted by molar-refractivity contribution is 0.0846. The SMILES string of the molecule is CC(C)N1C(=O)c2ccc(C(=O)Nc3ccc4ccccc4c3)cc2S1(=O)=O. The summed E-state index contributed by atoms with van der Waals surface area (Å²) in [5.74, 6) is -1.00. The monoisotopic (exact) mass is 394 g/mol. The average Bonchev–Trinajstić information content (AvgIpc) is 2.87. The molecule has 0 unspecified atom stereocenters. The van der Waals surface area contributed by atoms with Crippen molar-refractivity contribution in [3.63, 3.8) is 0 Å². The maximum Gasteiger partial charge on any atom is 0.269 e. The summed E-state index contributed by atoms with van der Waals surface area (Å²) in [6.07, 6.45) is 0. The zero-order valence-corrected chi connectivity index (χ0v) is 16.2. The van der Waals surface area contributed by atoms with Crippen molar-refractivity contribution in [1.82, 2.24) is 4.31 Å². The van der Waals surface area contributed by atoms with Crippen molar-refractivity contribution in [1.29, 1.82) is 0 Å². The predicted molar refractivity (Wildman–Crippen MR) is 107 cm³/mol. The van der Waals surface area contributed by atoms with Crippen molar-refractivity contribution in [2.24, 2.45) is 0 Å². The first-order chi connectivity index (χ1) is 13.3. The Morgan fingerprint density at radius 1 is 0.964 bits per heavy atom. The van der Waals surface area contributed by atoms with Gasteiger partial charge in [-0.3, -0.25) is 9.59 Å². The maximum atomic E-state index is 12.7. The van der Waals surface area contributed by atoms with Gasteiger partial charge < -0.3 is 5.32 Å². The smallest absolute Gasteiger partial charge is 0.269 e. The molecule has 1 aliphatic rings. The molecule has 0 aliphatic carbocycles.